The predicted molar refractivity (Wildman–Crippen MR) is 65.8 cm³/mol. The average molecular weight is 281 g/mol. The molecule has 9 heteroatoms. The van der Waals surface area contributed by atoms with Gasteiger partial charge in [0.25, 0.3) is 0 Å². The maximum absolute atomic E-state index is 11.8. The van der Waals surface area contributed by atoms with E-state index >= 15 is 0 Å². The number of nitrogens with zero attached hydrogens (tertiary/aromatic N) is 5. The monoisotopic (exact) mass is 281 g/mol. The molecule has 0 bridgehead atoms. The van der Waals surface area contributed by atoms with Gasteiger partial charge in [-0.2, -0.15) is 0 Å². The van der Waals surface area contributed by atoms with Crippen molar-refractivity contribution in [3.63, 3.8) is 0 Å². The number of aromatic carboxylic acids is 1. The summed E-state index contributed by atoms with van der Waals surface area (Å²) in [6.07, 6.45) is 1.29. The molecule has 108 valence electrons. The molecule has 1 saturated heterocycles. The number of carboxylic acids is 1. The van der Waals surface area contributed by atoms with Crippen molar-refractivity contribution < 1.29 is 19.5 Å². The fraction of sp³-hybridized carbons (Fsp3) is 0.545. The Bertz CT molecular complexity index is 541. The third kappa shape index (κ3) is 2.76. The first-order valence-electron chi connectivity index (χ1n) is 6.24. The zero-order chi connectivity index (χ0) is 14.7. The van der Waals surface area contributed by atoms with Gasteiger partial charge in [0.05, 0.1) is 12.7 Å². The van der Waals surface area contributed by atoms with Gasteiger partial charge < -0.3 is 14.9 Å². The van der Waals surface area contributed by atoms with Crippen LogP contribution < -0.4 is 0 Å². The normalized spacial score (nSPS) is 15.8. The highest BCUT2D eigenvalue weighted by Crippen LogP contribution is 2.05. The van der Waals surface area contributed by atoms with Gasteiger partial charge in [0.1, 0.15) is 0 Å². The minimum absolute atomic E-state index is 0.150. The van der Waals surface area contributed by atoms with Crippen molar-refractivity contribution in [3.8, 4) is 0 Å². The van der Waals surface area contributed by atoms with Gasteiger partial charge in [-0.25, -0.2) is 9.48 Å². The van der Waals surface area contributed by atoms with E-state index in [9.17, 15) is 14.4 Å². The molecule has 0 unspecified atom stereocenters. The van der Waals surface area contributed by atoms with E-state index in [0.29, 0.717) is 32.7 Å². The number of rotatable bonds is 5. The van der Waals surface area contributed by atoms with Crippen LogP contribution in [0, 0.1) is 0 Å². The summed E-state index contributed by atoms with van der Waals surface area (Å²) in [4.78, 5) is 37.1. The molecule has 1 fully saturated rings. The van der Waals surface area contributed by atoms with Gasteiger partial charge >= 0.3 is 17.8 Å². The lowest BCUT2D eigenvalue weighted by molar-refractivity contribution is -0.155. The van der Waals surface area contributed by atoms with Crippen molar-refractivity contribution in [1.29, 1.82) is 0 Å². The standard InChI is InChI=1S/C11H15N5O4/c1-2-14-3-4-15(10(18)9(14)17)5-6-16-7-8(11(19)20)12-13-16/h7H,2-6H2,1H3,(H,19,20). The summed E-state index contributed by atoms with van der Waals surface area (Å²) in [6.45, 7) is 3.92. The minimum atomic E-state index is -1.15. The van der Waals surface area contributed by atoms with E-state index in [1.807, 2.05) is 6.92 Å². The average Bonchev–Trinajstić information content (AvgIpc) is 2.89. The van der Waals surface area contributed by atoms with Crippen molar-refractivity contribution in [2.24, 2.45) is 0 Å². The number of amides is 2. The second kappa shape index (κ2) is 5.68. The molecule has 0 atom stereocenters. The number of hydrogen-bond acceptors (Lipinski definition) is 5. The maximum Gasteiger partial charge on any atom is 0.358 e. The molecule has 1 aliphatic heterocycles. The lowest BCUT2D eigenvalue weighted by Crippen LogP contribution is -2.54. The topological polar surface area (TPSA) is 109 Å². The fourth-order valence-corrected chi connectivity index (χ4v) is 1.96. The van der Waals surface area contributed by atoms with Crippen molar-refractivity contribution >= 4 is 17.8 Å². The predicted octanol–water partition coefficient (Wildman–Crippen LogP) is -1.33. The SMILES string of the molecule is CCN1CCN(CCn2cc(C(=O)O)nn2)C(=O)C1=O. The molecular weight excluding hydrogens is 266 g/mol. The Morgan fingerprint density at radius 2 is 1.90 bits per heavy atom. The van der Waals surface area contributed by atoms with Crippen molar-refractivity contribution in [2.45, 2.75) is 13.5 Å². The molecule has 0 saturated carbocycles. The number of piperazine rings is 1. The molecule has 0 aromatic carbocycles. The van der Waals surface area contributed by atoms with Crippen LogP contribution in [0.25, 0.3) is 0 Å². The zero-order valence-corrected chi connectivity index (χ0v) is 11.0. The highest BCUT2D eigenvalue weighted by molar-refractivity contribution is 6.35. The van der Waals surface area contributed by atoms with Gasteiger partial charge in [0, 0.05) is 26.2 Å². The van der Waals surface area contributed by atoms with Gasteiger partial charge in [-0.3, -0.25) is 9.59 Å². The molecule has 1 aromatic heterocycles. The van der Waals surface area contributed by atoms with Crippen LogP contribution in [0.15, 0.2) is 6.20 Å². The highest BCUT2D eigenvalue weighted by atomic mass is 16.4. The molecule has 9 nitrogen and oxygen atoms in total. The molecule has 0 spiro atoms. The van der Waals surface area contributed by atoms with E-state index in [-0.39, 0.29) is 5.69 Å². The summed E-state index contributed by atoms with van der Waals surface area (Å²) in [7, 11) is 0. The van der Waals surface area contributed by atoms with Crippen molar-refractivity contribution in [1.82, 2.24) is 24.8 Å². The van der Waals surface area contributed by atoms with Crippen LogP contribution in [0.3, 0.4) is 0 Å². The molecule has 1 aliphatic rings. The first-order chi connectivity index (χ1) is 9.52. The van der Waals surface area contributed by atoms with Crippen LogP contribution in [0.1, 0.15) is 17.4 Å². The van der Waals surface area contributed by atoms with Crippen LogP contribution in [0.2, 0.25) is 0 Å². The van der Waals surface area contributed by atoms with Gasteiger partial charge in [-0.15, -0.1) is 5.10 Å². The Labute approximate surface area is 114 Å². The second-order valence-corrected chi connectivity index (χ2v) is 4.35. The summed E-state index contributed by atoms with van der Waals surface area (Å²) in [5.41, 5.74) is -0.150. The number of carbonyl (C=O) groups is 3. The van der Waals surface area contributed by atoms with E-state index in [1.165, 1.54) is 20.7 Å². The van der Waals surface area contributed by atoms with E-state index in [0.717, 1.165) is 0 Å². The molecular formula is C11H15N5O4. The molecule has 2 heterocycles. The molecule has 1 aromatic rings. The Morgan fingerprint density at radius 3 is 2.50 bits per heavy atom. The maximum atomic E-state index is 11.8. The molecule has 0 radical (unpaired) electrons. The molecule has 2 amide bonds. The number of carbonyl (C=O) groups excluding carboxylic acids is 2. The van der Waals surface area contributed by atoms with E-state index in [2.05, 4.69) is 10.3 Å². The van der Waals surface area contributed by atoms with Crippen LogP contribution in [0.4, 0.5) is 0 Å². The summed E-state index contributed by atoms with van der Waals surface area (Å²) in [5, 5.41) is 15.8. The molecule has 2 rings (SSSR count). The van der Waals surface area contributed by atoms with Gasteiger partial charge in [-0.05, 0) is 6.92 Å². The Balaban J connectivity index is 1.92. The third-order valence-electron chi connectivity index (χ3n) is 3.14. The summed E-state index contributed by atoms with van der Waals surface area (Å²) in [5.74, 6) is -2.18. The van der Waals surface area contributed by atoms with Crippen LogP contribution in [-0.4, -0.2) is 73.9 Å². The Morgan fingerprint density at radius 1 is 1.25 bits per heavy atom. The number of hydrogen-bond donors (Lipinski definition) is 1. The smallest absolute Gasteiger partial charge is 0.358 e. The van der Waals surface area contributed by atoms with E-state index in [4.69, 9.17) is 5.11 Å². The Kier molecular flexibility index (Phi) is 3.97. The molecule has 1 N–H and O–H groups in total. The summed E-state index contributed by atoms with van der Waals surface area (Å²) < 4.78 is 1.34. The van der Waals surface area contributed by atoms with Gasteiger partial charge in [-0.1, -0.05) is 5.21 Å². The lowest BCUT2D eigenvalue weighted by Gasteiger charge is -2.32. The largest absolute Gasteiger partial charge is 0.476 e. The minimum Gasteiger partial charge on any atom is -0.476 e. The highest BCUT2D eigenvalue weighted by Gasteiger charge is 2.31. The summed E-state index contributed by atoms with van der Waals surface area (Å²) in [6, 6.07) is 0. The first kappa shape index (κ1) is 14.0. The lowest BCUT2D eigenvalue weighted by atomic mass is 10.3. The second-order valence-electron chi connectivity index (χ2n) is 4.35. The van der Waals surface area contributed by atoms with E-state index in [1.54, 1.807) is 0 Å². The van der Waals surface area contributed by atoms with E-state index < -0.39 is 17.8 Å². The number of likely N-dealkylation sites (N-methyl/N-ethyl adjacent to an activating group) is 1. The van der Waals surface area contributed by atoms with Crippen molar-refractivity contribution in [3.05, 3.63) is 11.9 Å². The van der Waals surface area contributed by atoms with Crippen LogP contribution in [-0.2, 0) is 16.1 Å². The van der Waals surface area contributed by atoms with Crippen molar-refractivity contribution in [2.75, 3.05) is 26.2 Å². The summed E-state index contributed by atoms with van der Waals surface area (Å²) >= 11 is 0. The number of aromatic nitrogens is 3. The number of carboxylic acid groups (broad SMARTS) is 1. The zero-order valence-electron chi connectivity index (χ0n) is 11.0. The molecule has 0 aliphatic carbocycles. The quantitative estimate of drug-likeness (QED) is 0.670. The Hall–Kier alpha value is -2.45. The van der Waals surface area contributed by atoms with Crippen LogP contribution in [0.5, 0.6) is 0 Å². The third-order valence-corrected chi connectivity index (χ3v) is 3.14. The fourth-order valence-electron chi connectivity index (χ4n) is 1.96. The van der Waals surface area contributed by atoms with Gasteiger partial charge in [0.2, 0.25) is 0 Å². The van der Waals surface area contributed by atoms with Crippen LogP contribution >= 0.6 is 0 Å². The molecule has 20 heavy (non-hydrogen) atoms. The first-order valence-corrected chi connectivity index (χ1v) is 6.24. The van der Waals surface area contributed by atoms with Gasteiger partial charge in [0.15, 0.2) is 5.69 Å².